The second-order valence-corrected chi connectivity index (χ2v) is 9.06. The van der Waals surface area contributed by atoms with Gasteiger partial charge in [0.1, 0.15) is 6.10 Å². The quantitative estimate of drug-likeness (QED) is 0.724. The number of aliphatic hydroxyl groups is 2. The number of rotatable bonds is 6. The summed E-state index contributed by atoms with van der Waals surface area (Å²) in [5.74, 6) is 1.22. The molecule has 0 unspecified atom stereocenters. The van der Waals surface area contributed by atoms with Gasteiger partial charge in [0.2, 0.25) is 0 Å². The molecule has 4 heteroatoms. The molecule has 0 bridgehead atoms. The molecule has 0 heterocycles. The zero-order valence-corrected chi connectivity index (χ0v) is 16.0. The Kier molecular flexibility index (Phi) is 6.02. The topological polar surface area (TPSA) is 66.8 Å². The van der Waals surface area contributed by atoms with Gasteiger partial charge < -0.3 is 14.9 Å². The smallest absolute Gasteiger partial charge is 0.303 e. The van der Waals surface area contributed by atoms with Gasteiger partial charge >= 0.3 is 5.97 Å². The zero-order valence-electron chi connectivity index (χ0n) is 16.0. The molecule has 0 spiro atoms. The van der Waals surface area contributed by atoms with Crippen LogP contribution >= 0.6 is 0 Å². The van der Waals surface area contributed by atoms with Gasteiger partial charge in [-0.2, -0.15) is 0 Å². The third-order valence-electron chi connectivity index (χ3n) is 6.83. The highest BCUT2D eigenvalue weighted by atomic mass is 16.6. The van der Waals surface area contributed by atoms with Crippen molar-refractivity contribution >= 4 is 5.97 Å². The molecule has 0 aromatic rings. The van der Waals surface area contributed by atoms with Gasteiger partial charge in [-0.3, -0.25) is 4.79 Å². The SMILES string of the molecule is CC(=O)O[C@H](CC[C@@H](C)[C@H]1CC[C@H]2[C@@H](O)CCC[C@]12C)C(C)(C)O. The van der Waals surface area contributed by atoms with Crippen LogP contribution in [-0.4, -0.2) is 34.0 Å². The highest BCUT2D eigenvalue weighted by Crippen LogP contribution is 2.58. The molecule has 6 atom stereocenters. The predicted octanol–water partition coefficient (Wildman–Crippen LogP) is 3.68. The lowest BCUT2D eigenvalue weighted by atomic mass is 9.61. The lowest BCUT2D eigenvalue weighted by Crippen LogP contribution is -2.42. The molecule has 0 aromatic carbocycles. The van der Waals surface area contributed by atoms with E-state index in [1.165, 1.54) is 19.8 Å². The minimum absolute atomic E-state index is 0.133. The Morgan fingerprint density at radius 2 is 1.96 bits per heavy atom. The van der Waals surface area contributed by atoms with Crippen LogP contribution in [0.15, 0.2) is 0 Å². The predicted molar refractivity (Wildman–Crippen MR) is 94.4 cm³/mol. The van der Waals surface area contributed by atoms with Crippen molar-refractivity contribution in [3.8, 4) is 0 Å². The Morgan fingerprint density at radius 3 is 2.54 bits per heavy atom. The van der Waals surface area contributed by atoms with E-state index in [0.717, 1.165) is 25.7 Å². The fraction of sp³-hybridized carbons (Fsp3) is 0.950. The normalized spacial score (nSPS) is 36.0. The van der Waals surface area contributed by atoms with Crippen molar-refractivity contribution < 1.29 is 19.7 Å². The van der Waals surface area contributed by atoms with Crippen molar-refractivity contribution in [2.75, 3.05) is 0 Å². The summed E-state index contributed by atoms with van der Waals surface area (Å²) in [6.07, 6.45) is 6.63. The number of esters is 1. The van der Waals surface area contributed by atoms with Crippen molar-refractivity contribution in [1.82, 2.24) is 0 Å². The monoisotopic (exact) mass is 340 g/mol. The number of carbonyl (C=O) groups is 1. The summed E-state index contributed by atoms with van der Waals surface area (Å²) in [7, 11) is 0. The van der Waals surface area contributed by atoms with Gasteiger partial charge in [-0.05, 0) is 75.5 Å². The number of hydrogen-bond acceptors (Lipinski definition) is 4. The number of fused-ring (bicyclic) bond motifs is 1. The Bertz CT molecular complexity index is 441. The number of aliphatic hydroxyl groups excluding tert-OH is 1. The molecule has 4 nitrogen and oxygen atoms in total. The maximum Gasteiger partial charge on any atom is 0.303 e. The van der Waals surface area contributed by atoms with Crippen LogP contribution in [0.2, 0.25) is 0 Å². The fourth-order valence-corrected chi connectivity index (χ4v) is 5.50. The van der Waals surface area contributed by atoms with Crippen molar-refractivity contribution in [1.29, 1.82) is 0 Å². The summed E-state index contributed by atoms with van der Waals surface area (Å²) in [4.78, 5) is 11.3. The minimum atomic E-state index is -1.02. The maximum atomic E-state index is 11.3. The fourth-order valence-electron chi connectivity index (χ4n) is 5.50. The summed E-state index contributed by atoms with van der Waals surface area (Å²) >= 11 is 0. The molecule has 2 N–H and O–H groups in total. The highest BCUT2D eigenvalue weighted by molar-refractivity contribution is 5.66. The molecular formula is C20H36O4. The molecule has 2 rings (SSSR count). The van der Waals surface area contributed by atoms with Gasteiger partial charge in [0.15, 0.2) is 0 Å². The summed E-state index contributed by atoms with van der Waals surface area (Å²) in [6.45, 7) is 9.46. The van der Waals surface area contributed by atoms with Crippen LogP contribution in [0.1, 0.15) is 79.6 Å². The van der Waals surface area contributed by atoms with Crippen LogP contribution in [0, 0.1) is 23.2 Å². The second-order valence-electron chi connectivity index (χ2n) is 9.06. The molecule has 2 fully saturated rings. The van der Waals surface area contributed by atoms with E-state index >= 15 is 0 Å². The van der Waals surface area contributed by atoms with Gasteiger partial charge in [-0.15, -0.1) is 0 Å². The minimum Gasteiger partial charge on any atom is -0.460 e. The first kappa shape index (κ1) is 19.7. The van der Waals surface area contributed by atoms with Crippen molar-refractivity contribution in [2.45, 2.75) is 97.4 Å². The first-order valence-electron chi connectivity index (χ1n) is 9.63. The molecule has 2 aliphatic carbocycles. The van der Waals surface area contributed by atoms with E-state index in [4.69, 9.17) is 4.74 Å². The lowest BCUT2D eigenvalue weighted by molar-refractivity contribution is -0.160. The number of hydrogen-bond donors (Lipinski definition) is 2. The third-order valence-corrected chi connectivity index (χ3v) is 6.83. The van der Waals surface area contributed by atoms with E-state index in [2.05, 4.69) is 13.8 Å². The average Bonchev–Trinajstić information content (AvgIpc) is 2.80. The third kappa shape index (κ3) is 4.13. The van der Waals surface area contributed by atoms with Crippen molar-refractivity contribution in [2.24, 2.45) is 23.2 Å². The van der Waals surface area contributed by atoms with E-state index in [-0.39, 0.29) is 17.5 Å². The Hall–Kier alpha value is -0.610. The van der Waals surface area contributed by atoms with Crippen LogP contribution in [0.4, 0.5) is 0 Å². The molecule has 24 heavy (non-hydrogen) atoms. The Morgan fingerprint density at radius 1 is 1.29 bits per heavy atom. The van der Waals surface area contributed by atoms with Crippen molar-refractivity contribution in [3.05, 3.63) is 0 Å². The number of ether oxygens (including phenoxy) is 1. The van der Waals surface area contributed by atoms with Crippen LogP contribution in [0.5, 0.6) is 0 Å². The maximum absolute atomic E-state index is 11.3. The van der Waals surface area contributed by atoms with E-state index in [9.17, 15) is 15.0 Å². The second kappa shape index (κ2) is 7.33. The van der Waals surface area contributed by atoms with Crippen LogP contribution in [0.25, 0.3) is 0 Å². The molecule has 0 saturated heterocycles. The van der Waals surface area contributed by atoms with Crippen LogP contribution < -0.4 is 0 Å². The molecule has 0 amide bonds. The lowest BCUT2D eigenvalue weighted by Gasteiger charge is -2.45. The van der Waals surface area contributed by atoms with Crippen LogP contribution in [-0.2, 0) is 9.53 Å². The van der Waals surface area contributed by atoms with E-state index in [0.29, 0.717) is 24.2 Å². The van der Waals surface area contributed by atoms with E-state index in [1.54, 1.807) is 13.8 Å². The number of carbonyl (C=O) groups excluding carboxylic acids is 1. The largest absolute Gasteiger partial charge is 0.460 e. The molecule has 0 aromatic heterocycles. The Balaban J connectivity index is 1.99. The summed E-state index contributed by atoms with van der Waals surface area (Å²) in [5.41, 5.74) is -0.780. The molecule has 2 saturated carbocycles. The van der Waals surface area contributed by atoms with Crippen LogP contribution in [0.3, 0.4) is 0 Å². The average molecular weight is 341 g/mol. The van der Waals surface area contributed by atoms with Crippen molar-refractivity contribution in [3.63, 3.8) is 0 Å². The zero-order chi connectivity index (χ0) is 18.1. The van der Waals surface area contributed by atoms with Gasteiger partial charge in [-0.25, -0.2) is 0 Å². The molecule has 2 aliphatic rings. The van der Waals surface area contributed by atoms with Gasteiger partial charge in [0.25, 0.3) is 0 Å². The van der Waals surface area contributed by atoms with Gasteiger partial charge in [0.05, 0.1) is 11.7 Å². The standard InChI is InChI=1S/C20H36O4/c1-13(8-11-18(19(3,4)23)24-14(2)21)15-9-10-16-17(22)7-6-12-20(15,16)5/h13,15-18,22-23H,6-12H2,1-5H3/t13-,15-,16+,17+,18-,20-/m1/s1. The molecule has 0 aliphatic heterocycles. The van der Waals surface area contributed by atoms with E-state index < -0.39 is 11.7 Å². The summed E-state index contributed by atoms with van der Waals surface area (Å²) in [5, 5.41) is 20.6. The summed E-state index contributed by atoms with van der Waals surface area (Å²) < 4.78 is 5.35. The molecule has 0 radical (unpaired) electrons. The highest BCUT2D eigenvalue weighted by Gasteiger charge is 2.52. The Labute approximate surface area is 147 Å². The summed E-state index contributed by atoms with van der Waals surface area (Å²) in [6, 6.07) is 0. The molecule has 140 valence electrons. The van der Waals surface area contributed by atoms with Gasteiger partial charge in [0, 0.05) is 6.92 Å². The molecular weight excluding hydrogens is 304 g/mol. The van der Waals surface area contributed by atoms with E-state index in [1.807, 2.05) is 0 Å². The van der Waals surface area contributed by atoms with Gasteiger partial charge in [-0.1, -0.05) is 20.3 Å². The first-order chi connectivity index (χ1) is 11.1. The first-order valence-corrected chi connectivity index (χ1v) is 9.63.